The Balaban J connectivity index is 1.60. The number of thiophene rings is 1. The summed E-state index contributed by atoms with van der Waals surface area (Å²) < 4.78 is 5.48. The second kappa shape index (κ2) is 7.62. The van der Waals surface area contributed by atoms with E-state index in [0.717, 1.165) is 24.0 Å². The molecule has 0 atom stereocenters. The molecule has 1 amide bonds. The molecule has 1 aromatic heterocycles. The second-order valence-electron chi connectivity index (χ2n) is 7.71. The van der Waals surface area contributed by atoms with Gasteiger partial charge in [0.1, 0.15) is 5.75 Å². The van der Waals surface area contributed by atoms with Gasteiger partial charge in [0.2, 0.25) is 5.91 Å². The summed E-state index contributed by atoms with van der Waals surface area (Å²) in [5.74, 6) is 0.548. The highest BCUT2D eigenvalue weighted by molar-refractivity contribution is 7.09. The fraction of sp³-hybridized carbons (Fsp3) is 0.429. The first-order valence-electron chi connectivity index (χ1n) is 8.97. The predicted molar refractivity (Wildman–Crippen MR) is 103 cm³/mol. The number of ether oxygens (including phenoxy) is 1. The first-order valence-corrected chi connectivity index (χ1v) is 9.85. The van der Waals surface area contributed by atoms with E-state index in [1.165, 1.54) is 4.88 Å². The molecule has 2 aromatic rings. The normalized spacial score (nSPS) is 14.0. The van der Waals surface area contributed by atoms with Crippen LogP contribution >= 0.6 is 11.3 Å². The molecule has 1 aliphatic heterocycles. The van der Waals surface area contributed by atoms with Crippen molar-refractivity contribution in [1.29, 1.82) is 0 Å². The molecular weight excluding hydrogens is 346 g/mol. The van der Waals surface area contributed by atoms with Crippen molar-refractivity contribution in [1.82, 2.24) is 4.90 Å². The van der Waals surface area contributed by atoms with Crippen molar-refractivity contribution in [2.45, 2.75) is 46.6 Å². The fourth-order valence-corrected chi connectivity index (χ4v) is 3.62. The van der Waals surface area contributed by atoms with E-state index in [-0.39, 0.29) is 11.9 Å². The topological polar surface area (TPSA) is 46.6 Å². The summed E-state index contributed by atoms with van der Waals surface area (Å²) in [6.45, 7) is 6.87. The van der Waals surface area contributed by atoms with E-state index in [4.69, 9.17) is 4.74 Å². The molecule has 0 aliphatic carbocycles. The van der Waals surface area contributed by atoms with Gasteiger partial charge in [-0.15, -0.1) is 11.3 Å². The molecular formula is C21H25NO3S. The van der Waals surface area contributed by atoms with Gasteiger partial charge in [-0.2, -0.15) is 0 Å². The first-order chi connectivity index (χ1) is 12.3. The maximum absolute atomic E-state index is 12.5. The van der Waals surface area contributed by atoms with Gasteiger partial charge in [0.05, 0.1) is 5.41 Å². The summed E-state index contributed by atoms with van der Waals surface area (Å²) in [4.78, 5) is 27.7. The van der Waals surface area contributed by atoms with E-state index >= 15 is 0 Å². The molecule has 3 rings (SSSR count). The molecule has 26 heavy (non-hydrogen) atoms. The minimum Gasteiger partial charge on any atom is -0.426 e. The number of aryl methyl sites for hydroxylation is 1. The number of fused-ring (bicyclic) bond motifs is 1. The average Bonchev–Trinajstić information content (AvgIpc) is 3.12. The molecule has 0 radical (unpaired) electrons. The smallest absolute Gasteiger partial charge is 0.316 e. The number of benzene rings is 1. The highest BCUT2D eigenvalue weighted by Crippen LogP contribution is 2.26. The molecule has 1 aliphatic rings. The Labute approximate surface area is 158 Å². The quantitative estimate of drug-likeness (QED) is 0.597. The highest BCUT2D eigenvalue weighted by atomic mass is 32.1. The van der Waals surface area contributed by atoms with Crippen molar-refractivity contribution in [3.8, 4) is 5.75 Å². The Morgan fingerprint density at radius 2 is 2.00 bits per heavy atom. The molecule has 4 nitrogen and oxygen atoms in total. The van der Waals surface area contributed by atoms with E-state index in [0.29, 0.717) is 25.3 Å². The number of nitrogens with zero attached hydrogens (tertiary/aromatic N) is 1. The lowest BCUT2D eigenvalue weighted by Crippen LogP contribution is -2.36. The molecule has 0 saturated carbocycles. The molecule has 0 N–H and O–H groups in total. The lowest BCUT2D eigenvalue weighted by atomic mass is 9.97. The highest BCUT2D eigenvalue weighted by Gasteiger charge is 2.25. The maximum atomic E-state index is 12.5. The Morgan fingerprint density at radius 3 is 2.69 bits per heavy atom. The van der Waals surface area contributed by atoms with Crippen molar-refractivity contribution in [2.75, 3.05) is 6.54 Å². The molecule has 0 saturated heterocycles. The lowest BCUT2D eigenvalue weighted by Gasteiger charge is -2.29. The van der Waals surface area contributed by atoms with Crippen molar-refractivity contribution in [3.63, 3.8) is 0 Å². The monoisotopic (exact) mass is 371 g/mol. The van der Waals surface area contributed by atoms with Crippen LogP contribution in [0.2, 0.25) is 0 Å². The Kier molecular flexibility index (Phi) is 5.47. The van der Waals surface area contributed by atoms with E-state index in [2.05, 4.69) is 6.07 Å². The van der Waals surface area contributed by atoms with Crippen LogP contribution in [-0.4, -0.2) is 23.3 Å². The summed E-state index contributed by atoms with van der Waals surface area (Å²) in [7, 11) is 0. The van der Waals surface area contributed by atoms with Gasteiger partial charge in [-0.05, 0) is 68.3 Å². The number of hydrogen-bond acceptors (Lipinski definition) is 4. The van der Waals surface area contributed by atoms with Crippen molar-refractivity contribution in [2.24, 2.45) is 5.41 Å². The molecule has 0 fully saturated rings. The number of esters is 1. The van der Waals surface area contributed by atoms with Gasteiger partial charge in [-0.1, -0.05) is 12.1 Å². The Morgan fingerprint density at radius 1 is 1.19 bits per heavy atom. The third-order valence-electron chi connectivity index (χ3n) is 4.53. The third kappa shape index (κ3) is 4.52. The lowest BCUT2D eigenvalue weighted by molar-refractivity contribution is -0.143. The summed E-state index contributed by atoms with van der Waals surface area (Å²) in [5, 5.41) is 2.04. The second-order valence-corrected chi connectivity index (χ2v) is 8.75. The van der Waals surface area contributed by atoms with Crippen molar-refractivity contribution < 1.29 is 14.3 Å². The van der Waals surface area contributed by atoms with Crippen molar-refractivity contribution >= 4 is 23.2 Å². The van der Waals surface area contributed by atoms with Crippen LogP contribution in [-0.2, 0) is 29.0 Å². The Bertz CT molecular complexity index is 790. The molecule has 0 bridgehead atoms. The Hall–Kier alpha value is -2.14. The van der Waals surface area contributed by atoms with Gasteiger partial charge in [-0.3, -0.25) is 9.59 Å². The molecule has 0 unspecified atom stereocenters. The standard InChI is InChI=1S/C21H25NO3S/c1-21(2,3)20(24)25-17-7-6-16-14-22(11-10-15(16)13-17)19(23)9-8-18-5-4-12-26-18/h4-7,12-13H,8-11,14H2,1-3H3. The summed E-state index contributed by atoms with van der Waals surface area (Å²) >= 11 is 1.70. The van der Waals surface area contributed by atoms with E-state index < -0.39 is 5.41 Å². The van der Waals surface area contributed by atoms with Crippen molar-refractivity contribution in [3.05, 3.63) is 51.7 Å². The van der Waals surface area contributed by atoms with Gasteiger partial charge in [0.25, 0.3) is 0 Å². The fourth-order valence-electron chi connectivity index (χ4n) is 2.91. The van der Waals surface area contributed by atoms with Crippen LogP contribution in [0.3, 0.4) is 0 Å². The molecule has 1 aromatic carbocycles. The van der Waals surface area contributed by atoms with Crippen LogP contribution in [0.5, 0.6) is 5.75 Å². The molecule has 0 spiro atoms. The minimum atomic E-state index is -0.526. The van der Waals surface area contributed by atoms with E-state index in [9.17, 15) is 9.59 Å². The molecule has 5 heteroatoms. The van der Waals surface area contributed by atoms with E-state index in [1.54, 1.807) is 11.3 Å². The van der Waals surface area contributed by atoms with Gasteiger partial charge >= 0.3 is 5.97 Å². The van der Waals surface area contributed by atoms with Crippen LogP contribution in [0, 0.1) is 5.41 Å². The van der Waals surface area contributed by atoms with Gasteiger partial charge in [-0.25, -0.2) is 0 Å². The number of carbonyl (C=O) groups excluding carboxylic acids is 2. The number of amides is 1. The number of rotatable bonds is 4. The number of hydrogen-bond donors (Lipinski definition) is 0. The summed E-state index contributed by atoms with van der Waals surface area (Å²) in [5.41, 5.74) is 1.77. The SMILES string of the molecule is CC(C)(C)C(=O)Oc1ccc2c(c1)CCN(C(=O)CCc1cccs1)C2. The zero-order valence-electron chi connectivity index (χ0n) is 15.6. The van der Waals surface area contributed by atoms with Crippen LogP contribution in [0.1, 0.15) is 43.2 Å². The molecule has 138 valence electrons. The summed E-state index contributed by atoms with van der Waals surface area (Å²) in [6.07, 6.45) is 2.15. The van der Waals surface area contributed by atoms with Gasteiger partial charge < -0.3 is 9.64 Å². The zero-order chi connectivity index (χ0) is 18.7. The van der Waals surface area contributed by atoms with E-state index in [1.807, 2.05) is 55.3 Å². The molecule has 2 heterocycles. The van der Waals surface area contributed by atoms with Crippen LogP contribution in [0.4, 0.5) is 0 Å². The largest absolute Gasteiger partial charge is 0.426 e. The van der Waals surface area contributed by atoms with Gasteiger partial charge in [0.15, 0.2) is 0 Å². The zero-order valence-corrected chi connectivity index (χ0v) is 16.4. The third-order valence-corrected chi connectivity index (χ3v) is 5.47. The van der Waals surface area contributed by atoms with Crippen LogP contribution < -0.4 is 4.74 Å². The maximum Gasteiger partial charge on any atom is 0.316 e. The number of carbonyl (C=O) groups is 2. The van der Waals surface area contributed by atoms with Crippen LogP contribution in [0.25, 0.3) is 0 Å². The first kappa shape index (κ1) is 18.6. The van der Waals surface area contributed by atoms with Crippen LogP contribution in [0.15, 0.2) is 35.7 Å². The minimum absolute atomic E-state index is 0.201. The average molecular weight is 372 g/mol. The summed E-state index contributed by atoms with van der Waals surface area (Å²) in [6, 6.07) is 9.82. The predicted octanol–water partition coefficient (Wildman–Crippen LogP) is 4.22. The van der Waals surface area contributed by atoms with Gasteiger partial charge in [0, 0.05) is 24.4 Å².